The SMILES string of the molecule is COC(=O)c1ccc(N(C(=O)c2ccco2)[C@H](C(=O)NC2CCCC2)c2ccc(N(C)C)cc2)cc1. The van der Waals surface area contributed by atoms with Crippen LogP contribution in [0.25, 0.3) is 0 Å². The van der Waals surface area contributed by atoms with E-state index in [2.05, 4.69) is 5.32 Å². The molecule has 1 aromatic heterocycles. The minimum Gasteiger partial charge on any atom is -0.465 e. The fraction of sp³-hybridized carbons (Fsp3) is 0.321. The van der Waals surface area contributed by atoms with E-state index in [0.29, 0.717) is 16.8 Å². The number of nitrogens with zero attached hydrogens (tertiary/aromatic N) is 2. The number of hydrogen-bond donors (Lipinski definition) is 1. The van der Waals surface area contributed by atoms with E-state index in [1.807, 2.05) is 43.3 Å². The van der Waals surface area contributed by atoms with Gasteiger partial charge >= 0.3 is 5.97 Å². The Labute approximate surface area is 210 Å². The van der Waals surface area contributed by atoms with Gasteiger partial charge in [-0.25, -0.2) is 4.79 Å². The first-order valence-electron chi connectivity index (χ1n) is 12.0. The number of carbonyl (C=O) groups is 3. The summed E-state index contributed by atoms with van der Waals surface area (Å²) >= 11 is 0. The van der Waals surface area contributed by atoms with E-state index in [1.54, 1.807) is 36.4 Å². The van der Waals surface area contributed by atoms with Crippen molar-refractivity contribution in [2.75, 3.05) is 31.0 Å². The monoisotopic (exact) mass is 489 g/mol. The van der Waals surface area contributed by atoms with E-state index in [-0.39, 0.29) is 17.7 Å². The lowest BCUT2D eigenvalue weighted by Crippen LogP contribution is -2.46. The molecule has 1 fully saturated rings. The van der Waals surface area contributed by atoms with Crippen molar-refractivity contribution in [3.63, 3.8) is 0 Å². The smallest absolute Gasteiger partial charge is 0.337 e. The van der Waals surface area contributed by atoms with Crippen molar-refractivity contribution in [2.24, 2.45) is 0 Å². The molecule has 8 heteroatoms. The Morgan fingerprint density at radius 1 is 0.944 bits per heavy atom. The molecule has 0 aliphatic heterocycles. The number of rotatable bonds is 8. The first-order valence-corrected chi connectivity index (χ1v) is 12.0. The zero-order valence-electron chi connectivity index (χ0n) is 20.8. The van der Waals surface area contributed by atoms with Crippen molar-refractivity contribution in [3.8, 4) is 0 Å². The number of hydrogen-bond acceptors (Lipinski definition) is 6. The number of anilines is 2. The molecule has 1 heterocycles. The zero-order chi connectivity index (χ0) is 25.7. The van der Waals surface area contributed by atoms with Gasteiger partial charge in [-0.1, -0.05) is 25.0 Å². The molecule has 1 N–H and O–H groups in total. The lowest BCUT2D eigenvalue weighted by molar-refractivity contribution is -0.123. The summed E-state index contributed by atoms with van der Waals surface area (Å²) in [6, 6.07) is 16.3. The average Bonchev–Trinajstić information content (AvgIpc) is 3.61. The van der Waals surface area contributed by atoms with Gasteiger partial charge in [0.25, 0.3) is 5.91 Å². The molecule has 1 saturated carbocycles. The molecule has 8 nitrogen and oxygen atoms in total. The molecule has 0 unspecified atom stereocenters. The van der Waals surface area contributed by atoms with Gasteiger partial charge in [-0.2, -0.15) is 0 Å². The predicted octanol–water partition coefficient (Wildman–Crippen LogP) is 4.58. The summed E-state index contributed by atoms with van der Waals surface area (Å²) in [5, 5.41) is 3.16. The van der Waals surface area contributed by atoms with Crippen LogP contribution in [0, 0.1) is 0 Å². The average molecular weight is 490 g/mol. The van der Waals surface area contributed by atoms with Crippen LogP contribution in [0.2, 0.25) is 0 Å². The van der Waals surface area contributed by atoms with E-state index in [0.717, 1.165) is 31.4 Å². The van der Waals surface area contributed by atoms with Crippen LogP contribution in [0.4, 0.5) is 11.4 Å². The zero-order valence-corrected chi connectivity index (χ0v) is 20.8. The van der Waals surface area contributed by atoms with Gasteiger partial charge in [0.1, 0.15) is 6.04 Å². The maximum atomic E-state index is 13.8. The third kappa shape index (κ3) is 5.43. The second kappa shape index (κ2) is 11.1. The number of nitrogens with one attached hydrogen (secondary N) is 1. The summed E-state index contributed by atoms with van der Waals surface area (Å²) in [5.41, 5.74) is 2.43. The summed E-state index contributed by atoms with van der Waals surface area (Å²) in [7, 11) is 5.19. The predicted molar refractivity (Wildman–Crippen MR) is 137 cm³/mol. The standard InChI is InChI=1S/C28H31N3O5/c1-30(2)22-14-10-19(11-15-22)25(26(32)29-21-7-4-5-8-21)31(27(33)24-9-6-18-36-24)23-16-12-20(13-17-23)28(34)35-3/h6,9-18,21,25H,4-5,7-8H2,1-3H3,(H,29,32)/t25-/m0/s1. The van der Waals surface area contributed by atoms with Gasteiger partial charge < -0.3 is 19.4 Å². The van der Waals surface area contributed by atoms with Gasteiger partial charge in [0.05, 0.1) is 18.9 Å². The molecule has 36 heavy (non-hydrogen) atoms. The molecule has 2 amide bonds. The lowest BCUT2D eigenvalue weighted by Gasteiger charge is -2.32. The van der Waals surface area contributed by atoms with E-state index in [1.165, 1.54) is 18.3 Å². The quantitative estimate of drug-likeness (QED) is 0.466. The lowest BCUT2D eigenvalue weighted by atomic mass is 10.0. The van der Waals surface area contributed by atoms with Crippen LogP contribution in [-0.4, -0.2) is 45.0 Å². The van der Waals surface area contributed by atoms with Gasteiger partial charge in [-0.3, -0.25) is 14.5 Å². The van der Waals surface area contributed by atoms with Gasteiger partial charge in [-0.05, 0) is 66.9 Å². The van der Waals surface area contributed by atoms with Gasteiger partial charge in [0, 0.05) is 31.5 Å². The summed E-state index contributed by atoms with van der Waals surface area (Å²) in [6.07, 6.45) is 5.38. The summed E-state index contributed by atoms with van der Waals surface area (Å²) in [4.78, 5) is 42.9. The Kier molecular flexibility index (Phi) is 7.73. The fourth-order valence-electron chi connectivity index (χ4n) is 4.50. The Hall–Kier alpha value is -4.07. The maximum absolute atomic E-state index is 13.8. The molecule has 2 aromatic carbocycles. The van der Waals surface area contributed by atoms with Crippen LogP contribution >= 0.6 is 0 Å². The highest BCUT2D eigenvalue weighted by Gasteiger charge is 2.36. The van der Waals surface area contributed by atoms with Crippen molar-refractivity contribution in [1.29, 1.82) is 0 Å². The first-order chi connectivity index (χ1) is 17.4. The highest BCUT2D eigenvalue weighted by Crippen LogP contribution is 2.32. The maximum Gasteiger partial charge on any atom is 0.337 e. The topological polar surface area (TPSA) is 92.1 Å². The summed E-state index contributed by atoms with van der Waals surface area (Å²) in [5.74, 6) is -1.11. The normalized spacial score (nSPS) is 14.2. The molecule has 3 aromatic rings. The minimum atomic E-state index is -0.955. The van der Waals surface area contributed by atoms with Crippen LogP contribution in [0.5, 0.6) is 0 Å². The van der Waals surface area contributed by atoms with Crippen LogP contribution in [-0.2, 0) is 9.53 Å². The fourth-order valence-corrected chi connectivity index (χ4v) is 4.50. The van der Waals surface area contributed by atoms with Crippen LogP contribution in [0.15, 0.2) is 71.3 Å². The molecule has 1 atom stereocenters. The first kappa shape index (κ1) is 25.0. The molecule has 0 spiro atoms. The Balaban J connectivity index is 1.80. The van der Waals surface area contributed by atoms with Crippen LogP contribution in [0.3, 0.4) is 0 Å². The number of amides is 2. The van der Waals surface area contributed by atoms with Gasteiger partial charge in [0.15, 0.2) is 5.76 Å². The number of ether oxygens (including phenoxy) is 1. The number of carbonyl (C=O) groups excluding carboxylic acids is 3. The Morgan fingerprint density at radius 3 is 2.14 bits per heavy atom. The highest BCUT2D eigenvalue weighted by molar-refractivity contribution is 6.09. The molecule has 1 aliphatic carbocycles. The van der Waals surface area contributed by atoms with Crippen molar-refractivity contribution in [3.05, 3.63) is 83.8 Å². The van der Waals surface area contributed by atoms with Crippen molar-refractivity contribution >= 4 is 29.2 Å². The van der Waals surface area contributed by atoms with Crippen LogP contribution < -0.4 is 15.1 Å². The van der Waals surface area contributed by atoms with E-state index in [4.69, 9.17) is 9.15 Å². The molecular weight excluding hydrogens is 458 g/mol. The van der Waals surface area contributed by atoms with Crippen molar-refractivity contribution < 1.29 is 23.5 Å². The van der Waals surface area contributed by atoms with E-state index >= 15 is 0 Å². The third-order valence-electron chi connectivity index (χ3n) is 6.45. The second-order valence-corrected chi connectivity index (χ2v) is 9.07. The summed E-state index contributed by atoms with van der Waals surface area (Å²) in [6.45, 7) is 0. The molecule has 0 bridgehead atoms. The molecule has 0 saturated heterocycles. The Morgan fingerprint density at radius 2 is 1.58 bits per heavy atom. The highest BCUT2D eigenvalue weighted by atomic mass is 16.5. The second-order valence-electron chi connectivity index (χ2n) is 9.07. The van der Waals surface area contributed by atoms with Crippen molar-refractivity contribution in [2.45, 2.75) is 37.8 Å². The molecule has 0 radical (unpaired) electrons. The number of methoxy groups -OCH3 is 1. The van der Waals surface area contributed by atoms with E-state index < -0.39 is 17.9 Å². The van der Waals surface area contributed by atoms with Gasteiger partial charge in [0.2, 0.25) is 5.91 Å². The number of esters is 1. The van der Waals surface area contributed by atoms with Gasteiger partial charge in [-0.15, -0.1) is 0 Å². The largest absolute Gasteiger partial charge is 0.465 e. The summed E-state index contributed by atoms with van der Waals surface area (Å²) < 4.78 is 10.2. The Bertz CT molecular complexity index is 1180. The number of furan rings is 1. The third-order valence-corrected chi connectivity index (χ3v) is 6.45. The minimum absolute atomic E-state index is 0.0725. The molecule has 188 valence electrons. The molecular formula is C28H31N3O5. The van der Waals surface area contributed by atoms with Crippen LogP contribution in [0.1, 0.15) is 58.2 Å². The molecule has 4 rings (SSSR count). The number of benzene rings is 2. The van der Waals surface area contributed by atoms with Crippen molar-refractivity contribution in [1.82, 2.24) is 5.32 Å². The molecule has 1 aliphatic rings. The van der Waals surface area contributed by atoms with E-state index in [9.17, 15) is 14.4 Å².